The molecule has 0 bridgehead atoms. The molecule has 1 fully saturated rings. The highest BCUT2D eigenvalue weighted by Crippen LogP contribution is 2.31. The van der Waals surface area contributed by atoms with Crippen LogP contribution in [0.2, 0.25) is 0 Å². The van der Waals surface area contributed by atoms with Crippen molar-refractivity contribution in [3.8, 4) is 11.5 Å². The van der Waals surface area contributed by atoms with Crippen LogP contribution in [0, 0.1) is 6.92 Å². The van der Waals surface area contributed by atoms with Gasteiger partial charge in [-0.2, -0.15) is 10.2 Å². The van der Waals surface area contributed by atoms with Crippen molar-refractivity contribution >= 4 is 11.4 Å². The van der Waals surface area contributed by atoms with E-state index in [1.54, 1.807) is 7.11 Å². The van der Waals surface area contributed by atoms with E-state index in [1.807, 2.05) is 43.3 Å². The number of aromatic hydroxyl groups is 1. The highest BCUT2D eigenvalue weighted by Gasteiger charge is 2.14. The molecule has 1 aliphatic heterocycles. The van der Waals surface area contributed by atoms with E-state index in [9.17, 15) is 5.11 Å². The Kier molecular flexibility index (Phi) is 5.66. The SMILES string of the molecule is COc1ccc(N=Nc2cc(C)c(O)c(CN3CCCCC3)c2)cc1. The summed E-state index contributed by atoms with van der Waals surface area (Å²) in [4.78, 5) is 2.39. The second kappa shape index (κ2) is 8.12. The summed E-state index contributed by atoms with van der Waals surface area (Å²) in [5.74, 6) is 1.16. The quantitative estimate of drug-likeness (QED) is 0.770. The first kappa shape index (κ1) is 17.4. The molecule has 0 spiro atoms. The lowest BCUT2D eigenvalue weighted by atomic mass is 10.1. The van der Waals surface area contributed by atoms with Crippen molar-refractivity contribution in [2.45, 2.75) is 32.7 Å². The van der Waals surface area contributed by atoms with E-state index >= 15 is 0 Å². The normalized spacial score (nSPS) is 15.6. The molecule has 25 heavy (non-hydrogen) atoms. The number of hydrogen-bond acceptors (Lipinski definition) is 5. The summed E-state index contributed by atoms with van der Waals surface area (Å²) in [5.41, 5.74) is 3.28. The summed E-state index contributed by atoms with van der Waals surface area (Å²) in [5, 5.41) is 19.0. The van der Waals surface area contributed by atoms with Gasteiger partial charge in [0.2, 0.25) is 0 Å². The van der Waals surface area contributed by atoms with Gasteiger partial charge in [-0.15, -0.1) is 0 Å². The van der Waals surface area contributed by atoms with Crippen LogP contribution in [0.3, 0.4) is 0 Å². The third-order valence-corrected chi connectivity index (χ3v) is 4.56. The third kappa shape index (κ3) is 4.57. The van der Waals surface area contributed by atoms with Gasteiger partial charge in [0.15, 0.2) is 0 Å². The number of likely N-dealkylation sites (tertiary alicyclic amines) is 1. The fraction of sp³-hybridized carbons (Fsp3) is 0.400. The fourth-order valence-corrected chi connectivity index (χ4v) is 3.13. The molecule has 2 aromatic carbocycles. The number of methoxy groups -OCH3 is 1. The van der Waals surface area contributed by atoms with E-state index in [0.717, 1.165) is 47.9 Å². The van der Waals surface area contributed by atoms with Crippen molar-refractivity contribution in [3.05, 3.63) is 47.5 Å². The molecule has 2 aromatic rings. The van der Waals surface area contributed by atoms with Gasteiger partial charge in [0.05, 0.1) is 18.5 Å². The minimum Gasteiger partial charge on any atom is -0.507 e. The van der Waals surface area contributed by atoms with Crippen molar-refractivity contribution in [1.82, 2.24) is 4.90 Å². The van der Waals surface area contributed by atoms with Gasteiger partial charge in [-0.25, -0.2) is 0 Å². The lowest BCUT2D eigenvalue weighted by Gasteiger charge is -2.27. The van der Waals surface area contributed by atoms with Crippen LogP contribution in [-0.4, -0.2) is 30.2 Å². The van der Waals surface area contributed by atoms with Crippen molar-refractivity contribution in [3.63, 3.8) is 0 Å². The molecule has 1 aliphatic rings. The number of rotatable bonds is 5. The molecule has 0 amide bonds. The van der Waals surface area contributed by atoms with Crippen LogP contribution in [0.4, 0.5) is 11.4 Å². The fourth-order valence-electron chi connectivity index (χ4n) is 3.13. The van der Waals surface area contributed by atoms with E-state index in [2.05, 4.69) is 15.1 Å². The van der Waals surface area contributed by atoms with Crippen LogP contribution >= 0.6 is 0 Å². The number of phenols is 1. The van der Waals surface area contributed by atoms with Gasteiger partial charge >= 0.3 is 0 Å². The summed E-state index contributed by atoms with van der Waals surface area (Å²) in [7, 11) is 1.64. The molecule has 5 heteroatoms. The third-order valence-electron chi connectivity index (χ3n) is 4.56. The van der Waals surface area contributed by atoms with Gasteiger partial charge in [0.25, 0.3) is 0 Å². The lowest BCUT2D eigenvalue weighted by Crippen LogP contribution is -2.29. The summed E-state index contributed by atoms with van der Waals surface area (Å²) in [6.45, 7) is 4.85. The van der Waals surface area contributed by atoms with E-state index in [4.69, 9.17) is 4.74 Å². The number of phenolic OH excluding ortho intramolecular Hbond substituents is 1. The minimum atomic E-state index is 0.369. The molecule has 0 unspecified atom stereocenters. The van der Waals surface area contributed by atoms with Crippen LogP contribution in [0.1, 0.15) is 30.4 Å². The molecular formula is C20H25N3O2. The van der Waals surface area contributed by atoms with Crippen LogP contribution in [0.5, 0.6) is 11.5 Å². The Morgan fingerprint density at radius 1 is 1.00 bits per heavy atom. The van der Waals surface area contributed by atoms with E-state index < -0.39 is 0 Å². The first-order valence-electron chi connectivity index (χ1n) is 8.76. The van der Waals surface area contributed by atoms with Gasteiger partial charge < -0.3 is 9.84 Å². The summed E-state index contributed by atoms with van der Waals surface area (Å²) in [6.07, 6.45) is 3.77. The Balaban J connectivity index is 1.77. The number of azo groups is 1. The second-order valence-corrected chi connectivity index (χ2v) is 6.51. The molecule has 0 atom stereocenters. The number of nitrogens with zero attached hydrogens (tertiary/aromatic N) is 3. The van der Waals surface area contributed by atoms with Crippen molar-refractivity contribution in [2.75, 3.05) is 20.2 Å². The number of hydrogen-bond donors (Lipinski definition) is 1. The van der Waals surface area contributed by atoms with E-state index in [0.29, 0.717) is 5.75 Å². The first-order chi connectivity index (χ1) is 12.2. The molecule has 1 N–H and O–H groups in total. The molecule has 0 aromatic heterocycles. The Morgan fingerprint density at radius 2 is 1.68 bits per heavy atom. The monoisotopic (exact) mass is 339 g/mol. The maximum absolute atomic E-state index is 10.4. The predicted octanol–water partition coefficient (Wildman–Crippen LogP) is 5.11. The van der Waals surface area contributed by atoms with Gasteiger partial charge in [-0.1, -0.05) is 6.42 Å². The van der Waals surface area contributed by atoms with Crippen LogP contribution < -0.4 is 4.74 Å². The van der Waals surface area contributed by atoms with Gasteiger partial charge in [0, 0.05) is 12.1 Å². The van der Waals surface area contributed by atoms with Crippen LogP contribution in [-0.2, 0) is 6.54 Å². The molecule has 0 radical (unpaired) electrons. The molecule has 5 nitrogen and oxygen atoms in total. The zero-order valence-electron chi connectivity index (χ0n) is 14.9. The summed E-state index contributed by atoms with van der Waals surface area (Å²) >= 11 is 0. The average Bonchev–Trinajstić information content (AvgIpc) is 2.65. The highest BCUT2D eigenvalue weighted by molar-refractivity contribution is 5.52. The van der Waals surface area contributed by atoms with Crippen LogP contribution in [0.15, 0.2) is 46.6 Å². The maximum atomic E-state index is 10.4. The zero-order valence-corrected chi connectivity index (χ0v) is 14.9. The Morgan fingerprint density at radius 3 is 2.36 bits per heavy atom. The maximum Gasteiger partial charge on any atom is 0.123 e. The van der Waals surface area contributed by atoms with Crippen molar-refractivity contribution in [1.29, 1.82) is 0 Å². The Hall–Kier alpha value is -2.40. The molecule has 1 saturated heterocycles. The lowest BCUT2D eigenvalue weighted by molar-refractivity contribution is 0.218. The summed E-state index contributed by atoms with van der Waals surface area (Å²) in [6, 6.07) is 11.2. The van der Waals surface area contributed by atoms with Crippen molar-refractivity contribution in [2.24, 2.45) is 10.2 Å². The standard InChI is InChI=1S/C20H25N3O2/c1-15-12-18(22-21-17-6-8-19(25-2)9-7-17)13-16(20(15)24)14-23-10-4-3-5-11-23/h6-9,12-13,24H,3-5,10-11,14H2,1-2H3. The Bertz CT molecular complexity index is 735. The number of benzene rings is 2. The topological polar surface area (TPSA) is 57.4 Å². The number of piperidine rings is 1. The second-order valence-electron chi connectivity index (χ2n) is 6.51. The minimum absolute atomic E-state index is 0.369. The van der Waals surface area contributed by atoms with Gasteiger partial charge in [-0.05, 0) is 74.8 Å². The number of ether oxygens (including phenoxy) is 1. The average molecular weight is 339 g/mol. The predicted molar refractivity (Wildman–Crippen MR) is 99.1 cm³/mol. The van der Waals surface area contributed by atoms with Gasteiger partial charge in [-0.3, -0.25) is 4.90 Å². The van der Waals surface area contributed by atoms with Gasteiger partial charge in [0.1, 0.15) is 11.5 Å². The smallest absolute Gasteiger partial charge is 0.123 e. The first-order valence-corrected chi connectivity index (χ1v) is 8.76. The Labute approximate surface area is 149 Å². The molecule has 0 aliphatic carbocycles. The largest absolute Gasteiger partial charge is 0.507 e. The molecule has 3 rings (SSSR count). The van der Waals surface area contributed by atoms with Crippen molar-refractivity contribution < 1.29 is 9.84 Å². The molecular weight excluding hydrogens is 314 g/mol. The zero-order chi connectivity index (χ0) is 17.6. The molecule has 132 valence electrons. The number of aryl methyl sites for hydroxylation is 1. The molecule has 0 saturated carbocycles. The van der Waals surface area contributed by atoms with Crippen LogP contribution in [0.25, 0.3) is 0 Å². The molecule has 1 heterocycles. The highest BCUT2D eigenvalue weighted by atomic mass is 16.5. The van der Waals surface area contributed by atoms with E-state index in [-0.39, 0.29) is 0 Å². The summed E-state index contributed by atoms with van der Waals surface area (Å²) < 4.78 is 5.14. The van der Waals surface area contributed by atoms with E-state index in [1.165, 1.54) is 19.3 Å².